The lowest BCUT2D eigenvalue weighted by atomic mass is 10.2. The molecule has 0 radical (unpaired) electrons. The molecular formula is C25H22N6O4S2. The number of hydrogen-bond acceptors (Lipinski definition) is 8. The van der Waals surface area contributed by atoms with Crippen molar-refractivity contribution in [3.63, 3.8) is 0 Å². The summed E-state index contributed by atoms with van der Waals surface area (Å²) in [7, 11) is 1.74. The van der Waals surface area contributed by atoms with Crippen molar-refractivity contribution < 1.29 is 9.90 Å². The van der Waals surface area contributed by atoms with Gasteiger partial charge in [0.05, 0.1) is 28.5 Å². The van der Waals surface area contributed by atoms with Gasteiger partial charge in [-0.3, -0.25) is 28.4 Å². The molecule has 1 saturated heterocycles. The number of para-hydroxylation sites is 1. The maximum atomic E-state index is 13.6. The third-order valence-corrected chi connectivity index (χ3v) is 7.29. The van der Waals surface area contributed by atoms with Crippen LogP contribution in [0, 0.1) is 6.92 Å². The minimum atomic E-state index is -0.508. The number of carbonyl (C=O) groups excluding carboxylic acids is 1. The SMILES string of the molecule is Cc1c(N2C(=O)C(=Cc3c(NCCO)nc4ccccn4c3=O)SC2=S)c(=O)n(-c2ccccc2)n1C. The van der Waals surface area contributed by atoms with E-state index < -0.39 is 11.5 Å². The summed E-state index contributed by atoms with van der Waals surface area (Å²) in [5.41, 5.74) is 1.15. The molecule has 0 atom stereocenters. The Balaban J connectivity index is 1.61. The number of nitrogens with zero attached hydrogens (tertiary/aromatic N) is 5. The number of aliphatic hydroxyl groups is 1. The van der Waals surface area contributed by atoms with E-state index in [0.717, 1.165) is 11.8 Å². The van der Waals surface area contributed by atoms with Crippen molar-refractivity contribution in [3.05, 3.63) is 91.6 Å². The Hall–Kier alpha value is -4.00. The Morgan fingerprint density at radius 2 is 1.81 bits per heavy atom. The van der Waals surface area contributed by atoms with Crippen molar-refractivity contribution in [3.8, 4) is 5.69 Å². The molecule has 4 heterocycles. The summed E-state index contributed by atoms with van der Waals surface area (Å²) >= 11 is 6.52. The first-order chi connectivity index (χ1) is 17.8. The Morgan fingerprint density at radius 3 is 2.54 bits per heavy atom. The summed E-state index contributed by atoms with van der Waals surface area (Å²) in [5.74, 6) is -0.274. The highest BCUT2D eigenvalue weighted by Crippen LogP contribution is 2.36. The Kier molecular flexibility index (Phi) is 6.54. The number of anilines is 2. The van der Waals surface area contributed by atoms with Crippen LogP contribution in [-0.2, 0) is 11.8 Å². The van der Waals surface area contributed by atoms with Crippen LogP contribution in [0.3, 0.4) is 0 Å². The van der Waals surface area contributed by atoms with Crippen LogP contribution < -0.4 is 21.3 Å². The van der Waals surface area contributed by atoms with Gasteiger partial charge in [0.25, 0.3) is 17.0 Å². The molecule has 1 aliphatic heterocycles. The number of thioether (sulfide) groups is 1. The van der Waals surface area contributed by atoms with Gasteiger partial charge in [0.2, 0.25) is 0 Å². The number of nitrogens with one attached hydrogen (secondary N) is 1. The smallest absolute Gasteiger partial charge is 0.296 e. The van der Waals surface area contributed by atoms with Crippen molar-refractivity contribution in [1.29, 1.82) is 0 Å². The van der Waals surface area contributed by atoms with E-state index in [9.17, 15) is 19.5 Å². The largest absolute Gasteiger partial charge is 0.395 e. The van der Waals surface area contributed by atoms with E-state index in [4.69, 9.17) is 12.2 Å². The standard InChI is InChI=1S/C25H22N6O4S2/c1-15-20(24(35)31(28(15)2)16-8-4-3-5-9-16)30-23(34)18(37-25(30)36)14-17-21(26-11-13-32)27-19-10-6-7-12-29(19)22(17)33/h3-10,12,14,26,32H,11,13H2,1-2H3. The normalized spacial score (nSPS) is 14.8. The van der Waals surface area contributed by atoms with E-state index in [-0.39, 0.29) is 45.0 Å². The molecule has 1 amide bonds. The van der Waals surface area contributed by atoms with E-state index in [1.807, 2.05) is 18.2 Å². The molecule has 5 rings (SSSR count). The Bertz CT molecular complexity index is 1700. The predicted octanol–water partition coefficient (Wildman–Crippen LogP) is 2.30. The van der Waals surface area contributed by atoms with Crippen molar-refractivity contribution in [1.82, 2.24) is 18.7 Å². The number of aliphatic hydroxyl groups excluding tert-OH is 1. The van der Waals surface area contributed by atoms with Crippen molar-refractivity contribution in [2.75, 3.05) is 23.4 Å². The zero-order valence-corrected chi connectivity index (χ0v) is 21.5. The number of fused-ring (bicyclic) bond motifs is 1. The lowest BCUT2D eigenvalue weighted by Gasteiger charge is -2.12. The maximum Gasteiger partial charge on any atom is 0.296 e. The van der Waals surface area contributed by atoms with Gasteiger partial charge >= 0.3 is 0 Å². The highest BCUT2D eigenvalue weighted by molar-refractivity contribution is 8.27. The summed E-state index contributed by atoms with van der Waals surface area (Å²) < 4.78 is 4.70. The molecule has 10 nitrogen and oxygen atoms in total. The fraction of sp³-hybridized carbons (Fsp3) is 0.160. The highest BCUT2D eigenvalue weighted by atomic mass is 32.2. The number of hydrogen-bond donors (Lipinski definition) is 2. The highest BCUT2D eigenvalue weighted by Gasteiger charge is 2.38. The summed E-state index contributed by atoms with van der Waals surface area (Å²) in [4.78, 5) is 46.3. The number of pyridine rings is 1. The van der Waals surface area contributed by atoms with Gasteiger partial charge in [0.1, 0.15) is 17.2 Å². The molecule has 37 heavy (non-hydrogen) atoms. The fourth-order valence-corrected chi connectivity index (χ4v) is 5.40. The fourth-order valence-electron chi connectivity index (χ4n) is 4.15. The summed E-state index contributed by atoms with van der Waals surface area (Å²) in [5, 5.41) is 12.2. The minimum Gasteiger partial charge on any atom is -0.395 e. The lowest BCUT2D eigenvalue weighted by molar-refractivity contribution is -0.113. The zero-order chi connectivity index (χ0) is 26.3. The van der Waals surface area contributed by atoms with E-state index in [1.54, 1.807) is 55.2 Å². The number of aromatic nitrogens is 4. The molecule has 188 valence electrons. The number of rotatable bonds is 6. The van der Waals surface area contributed by atoms with E-state index in [2.05, 4.69) is 10.3 Å². The van der Waals surface area contributed by atoms with Gasteiger partial charge in [0.15, 0.2) is 4.32 Å². The first-order valence-corrected chi connectivity index (χ1v) is 12.5. The van der Waals surface area contributed by atoms with Crippen LogP contribution in [-0.4, -0.2) is 47.2 Å². The van der Waals surface area contributed by atoms with E-state index >= 15 is 0 Å². The minimum absolute atomic E-state index is 0.143. The molecular weight excluding hydrogens is 512 g/mol. The average molecular weight is 535 g/mol. The second kappa shape index (κ2) is 9.81. The van der Waals surface area contributed by atoms with Crippen LogP contribution in [0.15, 0.2) is 69.2 Å². The summed E-state index contributed by atoms with van der Waals surface area (Å²) in [6.07, 6.45) is 3.02. The second-order valence-electron chi connectivity index (χ2n) is 8.19. The van der Waals surface area contributed by atoms with Gasteiger partial charge in [0, 0.05) is 19.8 Å². The van der Waals surface area contributed by atoms with Crippen LogP contribution in [0.4, 0.5) is 11.5 Å². The van der Waals surface area contributed by atoms with Crippen LogP contribution in [0.5, 0.6) is 0 Å². The van der Waals surface area contributed by atoms with Gasteiger partial charge < -0.3 is 10.4 Å². The molecule has 0 unspecified atom stereocenters. The molecule has 3 aromatic heterocycles. The predicted molar refractivity (Wildman–Crippen MR) is 148 cm³/mol. The third kappa shape index (κ3) is 4.18. The summed E-state index contributed by atoms with van der Waals surface area (Å²) in [6, 6.07) is 14.3. The molecule has 0 bridgehead atoms. The van der Waals surface area contributed by atoms with Crippen molar-refractivity contribution in [2.45, 2.75) is 6.92 Å². The first kappa shape index (κ1) is 24.7. The second-order valence-corrected chi connectivity index (χ2v) is 9.86. The van der Waals surface area contributed by atoms with E-state index in [0.29, 0.717) is 17.0 Å². The van der Waals surface area contributed by atoms with Gasteiger partial charge in [-0.1, -0.05) is 48.2 Å². The molecule has 2 N–H and O–H groups in total. The maximum absolute atomic E-state index is 13.6. The molecule has 1 aliphatic rings. The van der Waals surface area contributed by atoms with Crippen LogP contribution in [0.25, 0.3) is 17.4 Å². The molecule has 0 spiro atoms. The lowest BCUT2D eigenvalue weighted by Crippen LogP contribution is -2.33. The number of benzene rings is 1. The van der Waals surface area contributed by atoms with Gasteiger partial charge in [-0.15, -0.1) is 0 Å². The summed E-state index contributed by atoms with van der Waals surface area (Å²) in [6.45, 7) is 1.74. The van der Waals surface area contributed by atoms with Gasteiger partial charge in [-0.25, -0.2) is 9.67 Å². The van der Waals surface area contributed by atoms with Gasteiger partial charge in [-0.05, 0) is 37.3 Å². The average Bonchev–Trinajstić information content (AvgIpc) is 3.29. The Labute approximate surface area is 220 Å². The van der Waals surface area contributed by atoms with Crippen molar-refractivity contribution in [2.24, 2.45) is 7.05 Å². The molecule has 1 fully saturated rings. The van der Waals surface area contributed by atoms with E-state index in [1.165, 1.54) is 20.1 Å². The van der Waals surface area contributed by atoms with Crippen molar-refractivity contribution >= 4 is 57.4 Å². The van der Waals surface area contributed by atoms with Crippen LogP contribution in [0.2, 0.25) is 0 Å². The molecule has 0 aliphatic carbocycles. The molecule has 4 aromatic rings. The van der Waals surface area contributed by atoms with Crippen LogP contribution in [0.1, 0.15) is 11.3 Å². The Morgan fingerprint density at radius 1 is 1.08 bits per heavy atom. The quantitative estimate of drug-likeness (QED) is 0.286. The third-order valence-electron chi connectivity index (χ3n) is 5.99. The molecule has 0 saturated carbocycles. The number of amides is 1. The molecule has 1 aromatic carbocycles. The van der Waals surface area contributed by atoms with Crippen LogP contribution >= 0.6 is 24.0 Å². The van der Waals surface area contributed by atoms with Gasteiger partial charge in [-0.2, -0.15) is 0 Å². The number of carbonyl (C=O) groups is 1. The molecule has 12 heteroatoms. The first-order valence-electron chi connectivity index (χ1n) is 11.3. The monoisotopic (exact) mass is 534 g/mol. The topological polar surface area (TPSA) is 114 Å². The zero-order valence-electron chi connectivity index (χ0n) is 19.9. The number of thiocarbonyl (C=S) groups is 1.